The van der Waals surface area contributed by atoms with Crippen LogP contribution in [0, 0.1) is 0 Å². The number of alkyl halides is 7. The largest absolute Gasteiger partial charge is 0.459 e. The third-order valence-corrected chi connectivity index (χ3v) is 2.44. The standard InChI is InChI=1S/C12H16F7NO4/c1-9(2,3)24-7(21)6(20-8(22)23-4)5-10(13,14)11(15,16)12(17,18)19/h6H,5H2,1-4H3,(H,20,22). The molecule has 0 aromatic heterocycles. The molecule has 1 unspecified atom stereocenters. The highest BCUT2D eigenvalue weighted by Crippen LogP contribution is 2.48. The Kier molecular flexibility index (Phi) is 6.50. The van der Waals surface area contributed by atoms with Crippen molar-refractivity contribution in [2.45, 2.75) is 56.9 Å². The van der Waals surface area contributed by atoms with E-state index in [2.05, 4.69) is 9.47 Å². The SMILES string of the molecule is COC(=O)NC(CC(F)(F)C(F)(F)C(F)(F)F)C(=O)OC(C)(C)C. The minimum Gasteiger partial charge on any atom is -0.458 e. The summed E-state index contributed by atoms with van der Waals surface area (Å²) in [6.07, 6.45) is -10.4. The summed E-state index contributed by atoms with van der Waals surface area (Å²) < 4.78 is 97.7. The Bertz CT molecular complexity index is 471. The number of carbonyl (C=O) groups excluding carboxylic acids is 2. The van der Waals surface area contributed by atoms with E-state index in [9.17, 15) is 40.3 Å². The van der Waals surface area contributed by atoms with Crippen LogP contribution in [0.15, 0.2) is 0 Å². The highest BCUT2D eigenvalue weighted by atomic mass is 19.4. The minimum absolute atomic E-state index is 0.768. The van der Waals surface area contributed by atoms with E-state index in [4.69, 9.17) is 0 Å². The lowest BCUT2D eigenvalue weighted by Gasteiger charge is -2.31. The first-order valence-electron chi connectivity index (χ1n) is 6.34. The number of alkyl carbamates (subject to hydrolysis) is 1. The van der Waals surface area contributed by atoms with Crippen molar-refractivity contribution in [3.05, 3.63) is 0 Å². The van der Waals surface area contributed by atoms with Crippen molar-refractivity contribution >= 4 is 12.1 Å². The second-order valence-corrected chi connectivity index (χ2v) is 5.70. The van der Waals surface area contributed by atoms with Gasteiger partial charge in [0.2, 0.25) is 0 Å². The number of carbonyl (C=O) groups is 2. The molecule has 0 fully saturated rings. The van der Waals surface area contributed by atoms with E-state index >= 15 is 0 Å². The lowest BCUT2D eigenvalue weighted by atomic mass is 10.0. The van der Waals surface area contributed by atoms with E-state index in [1.165, 1.54) is 26.1 Å². The van der Waals surface area contributed by atoms with Crippen LogP contribution in [-0.4, -0.2) is 48.8 Å². The van der Waals surface area contributed by atoms with Crippen LogP contribution >= 0.6 is 0 Å². The van der Waals surface area contributed by atoms with Crippen LogP contribution in [0.2, 0.25) is 0 Å². The zero-order chi connectivity index (χ0) is 19.6. The maximum Gasteiger partial charge on any atom is 0.459 e. The fourth-order valence-corrected chi connectivity index (χ4v) is 1.36. The number of methoxy groups -OCH3 is 1. The van der Waals surface area contributed by atoms with Crippen LogP contribution in [0.4, 0.5) is 35.5 Å². The maximum atomic E-state index is 13.4. The Morgan fingerprint density at radius 1 is 1.00 bits per heavy atom. The summed E-state index contributed by atoms with van der Waals surface area (Å²) in [4.78, 5) is 22.7. The molecule has 1 N–H and O–H groups in total. The van der Waals surface area contributed by atoms with Crippen LogP contribution < -0.4 is 5.32 Å². The molecule has 142 valence electrons. The van der Waals surface area contributed by atoms with Crippen molar-refractivity contribution in [3.63, 3.8) is 0 Å². The van der Waals surface area contributed by atoms with E-state index in [0.29, 0.717) is 0 Å². The Labute approximate surface area is 132 Å². The molecule has 0 aromatic rings. The van der Waals surface area contributed by atoms with E-state index in [1.54, 1.807) is 0 Å². The predicted molar refractivity (Wildman–Crippen MR) is 65.7 cm³/mol. The number of hydrogen-bond donors (Lipinski definition) is 1. The van der Waals surface area contributed by atoms with Crippen molar-refractivity contribution in [3.8, 4) is 0 Å². The summed E-state index contributed by atoms with van der Waals surface area (Å²) in [5, 5.41) is 1.45. The maximum absolute atomic E-state index is 13.4. The Morgan fingerprint density at radius 2 is 1.46 bits per heavy atom. The van der Waals surface area contributed by atoms with Crippen LogP contribution in [0.3, 0.4) is 0 Å². The molecule has 0 bridgehead atoms. The molecule has 0 aromatic carbocycles. The molecular weight excluding hydrogens is 355 g/mol. The molecule has 0 aliphatic heterocycles. The Hall–Kier alpha value is -1.75. The smallest absolute Gasteiger partial charge is 0.458 e. The number of esters is 1. The van der Waals surface area contributed by atoms with Crippen LogP contribution in [0.25, 0.3) is 0 Å². The summed E-state index contributed by atoms with van der Waals surface area (Å²) in [5.74, 6) is -13.7. The molecule has 5 nitrogen and oxygen atoms in total. The Morgan fingerprint density at radius 3 is 1.79 bits per heavy atom. The Balaban J connectivity index is 5.52. The van der Waals surface area contributed by atoms with Gasteiger partial charge in [-0.05, 0) is 20.8 Å². The van der Waals surface area contributed by atoms with Gasteiger partial charge in [0.25, 0.3) is 0 Å². The normalized spacial score (nSPS) is 14.8. The topological polar surface area (TPSA) is 64.6 Å². The van der Waals surface area contributed by atoms with Gasteiger partial charge in [-0.25, -0.2) is 9.59 Å². The number of nitrogens with one attached hydrogen (secondary N) is 1. The third-order valence-electron chi connectivity index (χ3n) is 2.44. The average Bonchev–Trinajstić information content (AvgIpc) is 2.33. The summed E-state index contributed by atoms with van der Waals surface area (Å²) >= 11 is 0. The first-order chi connectivity index (χ1) is 10.4. The summed E-state index contributed by atoms with van der Waals surface area (Å²) in [6.45, 7) is 3.88. The van der Waals surface area contributed by atoms with Crippen molar-refractivity contribution in [1.29, 1.82) is 0 Å². The van der Waals surface area contributed by atoms with Crippen molar-refractivity contribution < 1.29 is 49.8 Å². The summed E-state index contributed by atoms with van der Waals surface area (Å²) in [7, 11) is 0.768. The highest BCUT2D eigenvalue weighted by Gasteiger charge is 2.73. The van der Waals surface area contributed by atoms with Crippen LogP contribution in [0.1, 0.15) is 27.2 Å². The molecule has 0 spiro atoms. The van der Waals surface area contributed by atoms with Gasteiger partial charge < -0.3 is 14.8 Å². The van der Waals surface area contributed by atoms with E-state index in [1.807, 2.05) is 0 Å². The first-order valence-corrected chi connectivity index (χ1v) is 6.34. The number of ether oxygens (including phenoxy) is 2. The summed E-state index contributed by atoms with van der Waals surface area (Å²) in [6, 6.07) is -2.49. The first kappa shape index (κ1) is 22.2. The summed E-state index contributed by atoms with van der Waals surface area (Å²) in [5.41, 5.74) is -1.27. The van der Waals surface area contributed by atoms with Gasteiger partial charge in [0.15, 0.2) is 0 Å². The van der Waals surface area contributed by atoms with Gasteiger partial charge in [0.1, 0.15) is 11.6 Å². The fraction of sp³-hybridized carbons (Fsp3) is 0.833. The fourth-order valence-electron chi connectivity index (χ4n) is 1.36. The van der Waals surface area contributed by atoms with Crippen molar-refractivity contribution in [2.24, 2.45) is 0 Å². The molecule has 0 radical (unpaired) electrons. The molecule has 0 saturated carbocycles. The van der Waals surface area contributed by atoms with Gasteiger partial charge in [-0.2, -0.15) is 30.7 Å². The quantitative estimate of drug-likeness (QED) is 0.595. The molecule has 0 saturated heterocycles. The number of amides is 1. The lowest BCUT2D eigenvalue weighted by molar-refractivity contribution is -0.356. The molecule has 0 rings (SSSR count). The van der Waals surface area contributed by atoms with Gasteiger partial charge in [0, 0.05) is 6.42 Å². The van der Waals surface area contributed by atoms with Crippen LogP contribution in [0.5, 0.6) is 0 Å². The monoisotopic (exact) mass is 371 g/mol. The molecule has 24 heavy (non-hydrogen) atoms. The number of rotatable bonds is 5. The van der Waals surface area contributed by atoms with Gasteiger partial charge in [-0.1, -0.05) is 0 Å². The van der Waals surface area contributed by atoms with Crippen molar-refractivity contribution in [1.82, 2.24) is 5.32 Å². The minimum atomic E-state index is -6.56. The van der Waals surface area contributed by atoms with Gasteiger partial charge in [-0.3, -0.25) is 0 Å². The predicted octanol–water partition coefficient (Wildman–Crippen LogP) is 3.28. The third kappa shape index (κ3) is 5.71. The lowest BCUT2D eigenvalue weighted by Crippen LogP contribution is -2.56. The van der Waals surface area contributed by atoms with Gasteiger partial charge in [-0.15, -0.1) is 0 Å². The molecular formula is C12H16F7NO4. The van der Waals surface area contributed by atoms with Gasteiger partial charge in [0.05, 0.1) is 7.11 Å². The molecule has 1 amide bonds. The second-order valence-electron chi connectivity index (χ2n) is 5.70. The average molecular weight is 371 g/mol. The highest BCUT2D eigenvalue weighted by molar-refractivity contribution is 5.81. The van der Waals surface area contributed by atoms with E-state index in [0.717, 1.165) is 7.11 Å². The zero-order valence-corrected chi connectivity index (χ0v) is 13.1. The van der Waals surface area contributed by atoms with E-state index < -0.39 is 48.1 Å². The second kappa shape index (κ2) is 7.01. The number of hydrogen-bond acceptors (Lipinski definition) is 4. The molecule has 0 heterocycles. The molecule has 12 heteroatoms. The molecule has 0 aliphatic carbocycles. The zero-order valence-electron chi connectivity index (χ0n) is 13.1. The van der Waals surface area contributed by atoms with E-state index in [-0.39, 0.29) is 0 Å². The van der Waals surface area contributed by atoms with Crippen molar-refractivity contribution in [2.75, 3.05) is 7.11 Å². The van der Waals surface area contributed by atoms with Gasteiger partial charge >= 0.3 is 30.1 Å². The molecule has 0 aliphatic rings. The number of halogens is 7. The molecule has 1 atom stereocenters. The van der Waals surface area contributed by atoms with Crippen LogP contribution in [-0.2, 0) is 14.3 Å².